The molecule has 1 rings (SSSR count). The van der Waals surface area contributed by atoms with Gasteiger partial charge >= 0.3 is 0 Å². The lowest BCUT2D eigenvalue weighted by Gasteiger charge is -2.02. The molecule has 0 aliphatic rings. The topological polar surface area (TPSA) is 23.8 Å². The number of benzene rings is 1. The molecule has 0 bridgehead atoms. The summed E-state index contributed by atoms with van der Waals surface area (Å²) >= 11 is 0. The van der Waals surface area contributed by atoms with Crippen LogP contribution in [0, 0.1) is 11.3 Å². The summed E-state index contributed by atoms with van der Waals surface area (Å²) in [4.78, 5) is 0. The van der Waals surface area contributed by atoms with Gasteiger partial charge in [-0.1, -0.05) is 62.6 Å². The molecule has 0 saturated heterocycles. The molecule has 0 atom stereocenters. The molecule has 1 aromatic rings. The van der Waals surface area contributed by atoms with Gasteiger partial charge in [-0.25, -0.2) is 0 Å². The van der Waals surface area contributed by atoms with Crippen molar-refractivity contribution >= 4 is 6.08 Å². The Bertz CT molecular complexity index is 421. The molecule has 94 valence electrons. The van der Waals surface area contributed by atoms with Crippen LogP contribution in [0.5, 0.6) is 0 Å². The van der Waals surface area contributed by atoms with Gasteiger partial charge < -0.3 is 0 Å². The van der Waals surface area contributed by atoms with Crippen molar-refractivity contribution in [3.63, 3.8) is 0 Å². The van der Waals surface area contributed by atoms with Crippen LogP contribution in [0.2, 0.25) is 0 Å². The highest BCUT2D eigenvalue weighted by Gasteiger charge is 1.95. The van der Waals surface area contributed by atoms with Crippen LogP contribution >= 0.6 is 0 Å². The predicted molar refractivity (Wildman–Crippen MR) is 77.9 cm³/mol. The summed E-state index contributed by atoms with van der Waals surface area (Å²) in [5.74, 6) is 0. The third-order valence-electron chi connectivity index (χ3n) is 2.84. The molecule has 0 fully saturated rings. The fourth-order valence-corrected chi connectivity index (χ4v) is 1.87. The maximum Gasteiger partial charge on any atom is 0.0912 e. The molecule has 0 aliphatic carbocycles. The van der Waals surface area contributed by atoms with Gasteiger partial charge in [0.15, 0.2) is 0 Å². The number of hydrogen-bond donors (Lipinski definition) is 0. The van der Waals surface area contributed by atoms with E-state index in [0.29, 0.717) is 0 Å². The first-order valence-corrected chi connectivity index (χ1v) is 6.68. The molecule has 0 spiro atoms. The van der Waals surface area contributed by atoms with E-state index in [1.165, 1.54) is 36.8 Å². The van der Waals surface area contributed by atoms with E-state index in [0.717, 1.165) is 6.42 Å². The van der Waals surface area contributed by atoms with Gasteiger partial charge in [-0.05, 0) is 30.1 Å². The molecule has 0 N–H and O–H groups in total. The first-order chi connectivity index (χ1) is 8.86. The number of allylic oxidation sites excluding steroid dienone is 3. The monoisotopic (exact) mass is 239 g/mol. The summed E-state index contributed by atoms with van der Waals surface area (Å²) in [6.07, 6.45) is 11.7. The molecule has 1 nitrogen and oxygen atoms in total. The van der Waals surface area contributed by atoms with Gasteiger partial charge in [-0.3, -0.25) is 0 Å². The van der Waals surface area contributed by atoms with Gasteiger partial charge in [-0.2, -0.15) is 5.26 Å². The molecule has 1 aromatic carbocycles. The predicted octanol–water partition coefficient (Wildman–Crippen LogP) is 5.12. The van der Waals surface area contributed by atoms with E-state index in [1.54, 1.807) is 6.08 Å². The molecule has 0 aliphatic heterocycles. The summed E-state index contributed by atoms with van der Waals surface area (Å²) in [6.45, 7) is 2.22. The van der Waals surface area contributed by atoms with E-state index in [9.17, 15) is 0 Å². The number of nitrogens with zero attached hydrogens (tertiary/aromatic N) is 1. The van der Waals surface area contributed by atoms with Crippen molar-refractivity contribution < 1.29 is 0 Å². The fourth-order valence-electron chi connectivity index (χ4n) is 1.87. The molecule has 0 radical (unpaired) electrons. The average Bonchev–Trinajstić information content (AvgIpc) is 2.41. The Morgan fingerprint density at radius 2 is 1.94 bits per heavy atom. The van der Waals surface area contributed by atoms with Crippen LogP contribution in [0.25, 0.3) is 6.08 Å². The second-order valence-electron chi connectivity index (χ2n) is 4.40. The molecule has 18 heavy (non-hydrogen) atoms. The van der Waals surface area contributed by atoms with Crippen molar-refractivity contribution in [3.05, 3.63) is 53.6 Å². The van der Waals surface area contributed by atoms with E-state index in [-0.39, 0.29) is 0 Å². The zero-order valence-corrected chi connectivity index (χ0v) is 11.1. The van der Waals surface area contributed by atoms with Gasteiger partial charge in [0.2, 0.25) is 0 Å². The lowest BCUT2D eigenvalue weighted by molar-refractivity contribution is 0.669. The normalized spacial score (nSPS) is 11.7. The molecule has 1 heteroatoms. The lowest BCUT2D eigenvalue weighted by atomic mass is 10.0. The maximum absolute atomic E-state index is 8.63. The second kappa shape index (κ2) is 9.24. The molecular weight excluding hydrogens is 218 g/mol. The molecule has 0 saturated carbocycles. The second-order valence-corrected chi connectivity index (χ2v) is 4.40. The summed E-state index contributed by atoms with van der Waals surface area (Å²) in [5, 5.41) is 8.63. The van der Waals surface area contributed by atoms with Gasteiger partial charge in [0.05, 0.1) is 6.07 Å². The quantitative estimate of drug-likeness (QED) is 0.368. The van der Waals surface area contributed by atoms with Crippen LogP contribution in [0.15, 0.2) is 48.1 Å². The number of hydrogen-bond acceptors (Lipinski definition) is 1. The minimum absolute atomic E-state index is 1.05. The lowest BCUT2D eigenvalue weighted by Crippen LogP contribution is -1.82. The van der Waals surface area contributed by atoms with E-state index in [2.05, 4.69) is 31.2 Å². The summed E-state index contributed by atoms with van der Waals surface area (Å²) < 4.78 is 0. The highest BCUT2D eigenvalue weighted by Crippen LogP contribution is 2.15. The number of unbranched alkanes of at least 4 members (excludes halogenated alkanes) is 3. The Kier molecular flexibility index (Phi) is 7.32. The minimum atomic E-state index is 1.05. The van der Waals surface area contributed by atoms with E-state index in [4.69, 9.17) is 5.26 Å². The number of rotatable bonds is 7. The van der Waals surface area contributed by atoms with Crippen LogP contribution < -0.4 is 0 Å². The Hall–Kier alpha value is -1.81. The van der Waals surface area contributed by atoms with Crippen LogP contribution in [0.4, 0.5) is 0 Å². The van der Waals surface area contributed by atoms with Crippen LogP contribution in [0.3, 0.4) is 0 Å². The van der Waals surface area contributed by atoms with Crippen molar-refractivity contribution in [2.24, 2.45) is 0 Å². The van der Waals surface area contributed by atoms with Crippen LogP contribution in [0.1, 0.15) is 44.6 Å². The van der Waals surface area contributed by atoms with Crippen molar-refractivity contribution in [3.8, 4) is 6.07 Å². The van der Waals surface area contributed by atoms with E-state index >= 15 is 0 Å². The van der Waals surface area contributed by atoms with Gasteiger partial charge in [0.1, 0.15) is 0 Å². The standard InChI is InChI=1S/C17H21N/c1-2-3-4-6-10-17(13-9-14-18)15-16-11-7-5-8-12-16/h5,7-9,11-13,15H,2-4,6,10H2,1H3. The summed E-state index contributed by atoms with van der Waals surface area (Å²) in [5.41, 5.74) is 2.43. The van der Waals surface area contributed by atoms with Gasteiger partial charge in [-0.15, -0.1) is 0 Å². The molecule has 0 heterocycles. The van der Waals surface area contributed by atoms with E-state index in [1.807, 2.05) is 24.3 Å². The largest absolute Gasteiger partial charge is 0.193 e. The average molecular weight is 239 g/mol. The minimum Gasteiger partial charge on any atom is -0.193 e. The zero-order chi connectivity index (χ0) is 13.1. The van der Waals surface area contributed by atoms with Gasteiger partial charge in [0.25, 0.3) is 0 Å². The maximum atomic E-state index is 8.63. The summed E-state index contributed by atoms with van der Waals surface area (Å²) in [6, 6.07) is 12.3. The van der Waals surface area contributed by atoms with E-state index < -0.39 is 0 Å². The van der Waals surface area contributed by atoms with Crippen molar-refractivity contribution in [1.82, 2.24) is 0 Å². The smallest absolute Gasteiger partial charge is 0.0912 e. The van der Waals surface area contributed by atoms with Crippen LogP contribution in [-0.4, -0.2) is 0 Å². The highest BCUT2D eigenvalue weighted by molar-refractivity contribution is 5.55. The van der Waals surface area contributed by atoms with Crippen molar-refractivity contribution in [1.29, 1.82) is 5.26 Å². The first-order valence-electron chi connectivity index (χ1n) is 6.68. The fraction of sp³-hybridized carbons (Fsp3) is 0.353. The Morgan fingerprint density at radius 3 is 2.61 bits per heavy atom. The summed E-state index contributed by atoms with van der Waals surface area (Å²) in [7, 11) is 0. The third kappa shape index (κ3) is 6.06. The molecule has 0 aromatic heterocycles. The SMILES string of the molecule is CCCCCCC(C=CC#N)=Cc1ccccc1. The Balaban J connectivity index is 2.64. The zero-order valence-electron chi connectivity index (χ0n) is 11.1. The molecule has 0 unspecified atom stereocenters. The molecular formula is C17H21N. The Morgan fingerprint density at radius 1 is 1.17 bits per heavy atom. The highest BCUT2D eigenvalue weighted by atomic mass is 14.2. The van der Waals surface area contributed by atoms with Crippen molar-refractivity contribution in [2.45, 2.75) is 39.0 Å². The number of nitriles is 1. The van der Waals surface area contributed by atoms with Crippen LogP contribution in [-0.2, 0) is 0 Å². The molecule has 0 amide bonds. The first kappa shape index (κ1) is 14.3. The third-order valence-corrected chi connectivity index (χ3v) is 2.84. The van der Waals surface area contributed by atoms with Crippen molar-refractivity contribution in [2.75, 3.05) is 0 Å². The Labute approximate surface area is 110 Å². The van der Waals surface area contributed by atoms with Gasteiger partial charge in [0, 0.05) is 6.08 Å².